The zero-order valence-corrected chi connectivity index (χ0v) is 10.3. The van der Waals surface area contributed by atoms with Crippen LogP contribution < -0.4 is 5.73 Å². The van der Waals surface area contributed by atoms with Gasteiger partial charge < -0.3 is 10.6 Å². The lowest BCUT2D eigenvalue weighted by atomic mass is 10.0. The highest BCUT2D eigenvalue weighted by Gasteiger charge is 2.35. The van der Waals surface area contributed by atoms with E-state index in [4.69, 9.17) is 5.73 Å². The van der Waals surface area contributed by atoms with Crippen LogP contribution in [0.25, 0.3) is 0 Å². The van der Waals surface area contributed by atoms with Gasteiger partial charge in [-0.05, 0) is 43.6 Å². The second-order valence-electron chi connectivity index (χ2n) is 5.91. The van der Waals surface area contributed by atoms with Crippen molar-refractivity contribution in [2.45, 2.75) is 45.6 Å². The molecule has 0 aromatic carbocycles. The van der Waals surface area contributed by atoms with Crippen molar-refractivity contribution in [2.24, 2.45) is 23.5 Å². The largest absolute Gasteiger partial charge is 0.327 e. The Hall–Kier alpha value is -0.0800. The van der Waals surface area contributed by atoms with Crippen molar-refractivity contribution in [3.63, 3.8) is 0 Å². The third-order valence-electron chi connectivity index (χ3n) is 4.44. The highest BCUT2D eigenvalue weighted by molar-refractivity contribution is 4.88. The number of fused-ring (bicyclic) bond motifs is 1. The van der Waals surface area contributed by atoms with Crippen LogP contribution >= 0.6 is 0 Å². The van der Waals surface area contributed by atoms with Crippen LogP contribution in [0.5, 0.6) is 0 Å². The molecule has 3 atom stereocenters. The van der Waals surface area contributed by atoms with E-state index in [0.29, 0.717) is 12.0 Å². The Morgan fingerprint density at radius 2 is 1.80 bits per heavy atom. The van der Waals surface area contributed by atoms with Gasteiger partial charge >= 0.3 is 0 Å². The molecule has 88 valence electrons. The zero-order valence-electron chi connectivity index (χ0n) is 10.3. The van der Waals surface area contributed by atoms with Gasteiger partial charge in [-0.25, -0.2) is 0 Å². The quantitative estimate of drug-likeness (QED) is 0.770. The minimum absolute atomic E-state index is 0.394. The average Bonchev–Trinajstić information content (AvgIpc) is 2.72. The predicted molar refractivity (Wildman–Crippen MR) is 64.7 cm³/mol. The molecule has 0 aromatic rings. The lowest BCUT2D eigenvalue weighted by Gasteiger charge is -2.21. The fourth-order valence-corrected chi connectivity index (χ4v) is 3.18. The standard InChI is InChI=1S/C13H26N2/c1-10(2)13(14)6-7-15-8-11-4-3-5-12(11)9-15/h10-13H,3-9,14H2,1-2H3. The Kier molecular flexibility index (Phi) is 3.68. The lowest BCUT2D eigenvalue weighted by Crippen LogP contribution is -2.32. The fourth-order valence-electron chi connectivity index (χ4n) is 3.18. The van der Waals surface area contributed by atoms with Gasteiger partial charge in [0.25, 0.3) is 0 Å². The molecule has 1 saturated heterocycles. The van der Waals surface area contributed by atoms with Crippen LogP contribution in [0.2, 0.25) is 0 Å². The Labute approximate surface area is 94.2 Å². The Bertz CT molecular complexity index is 191. The summed E-state index contributed by atoms with van der Waals surface area (Å²) in [5, 5.41) is 0. The Morgan fingerprint density at radius 1 is 1.20 bits per heavy atom. The number of hydrogen-bond donors (Lipinski definition) is 1. The summed E-state index contributed by atoms with van der Waals surface area (Å²) in [5.74, 6) is 2.69. The molecule has 2 nitrogen and oxygen atoms in total. The van der Waals surface area contributed by atoms with Gasteiger partial charge in [-0.3, -0.25) is 0 Å². The SMILES string of the molecule is CC(C)C(N)CCN1CC2CCCC2C1. The third-order valence-corrected chi connectivity index (χ3v) is 4.44. The summed E-state index contributed by atoms with van der Waals surface area (Å²) < 4.78 is 0. The van der Waals surface area contributed by atoms with E-state index >= 15 is 0 Å². The van der Waals surface area contributed by atoms with E-state index in [1.54, 1.807) is 0 Å². The second kappa shape index (κ2) is 4.84. The van der Waals surface area contributed by atoms with Crippen molar-refractivity contribution in [2.75, 3.05) is 19.6 Å². The maximum absolute atomic E-state index is 6.08. The summed E-state index contributed by atoms with van der Waals surface area (Å²) in [7, 11) is 0. The molecule has 1 saturated carbocycles. The summed E-state index contributed by atoms with van der Waals surface area (Å²) in [5.41, 5.74) is 6.08. The number of likely N-dealkylation sites (tertiary alicyclic amines) is 1. The number of nitrogens with two attached hydrogens (primary N) is 1. The molecule has 0 radical (unpaired) electrons. The first-order valence-corrected chi connectivity index (χ1v) is 6.64. The summed E-state index contributed by atoms with van der Waals surface area (Å²) >= 11 is 0. The topological polar surface area (TPSA) is 29.3 Å². The van der Waals surface area contributed by atoms with Gasteiger partial charge in [0, 0.05) is 19.1 Å². The molecule has 1 aliphatic carbocycles. The van der Waals surface area contributed by atoms with Crippen molar-refractivity contribution in [3.05, 3.63) is 0 Å². The molecule has 15 heavy (non-hydrogen) atoms. The molecule has 0 bridgehead atoms. The highest BCUT2D eigenvalue weighted by Crippen LogP contribution is 2.37. The molecule has 0 spiro atoms. The van der Waals surface area contributed by atoms with Gasteiger partial charge in [0.1, 0.15) is 0 Å². The molecule has 1 heterocycles. The van der Waals surface area contributed by atoms with Crippen molar-refractivity contribution in [1.82, 2.24) is 4.90 Å². The van der Waals surface area contributed by atoms with Gasteiger partial charge in [0.05, 0.1) is 0 Å². The minimum Gasteiger partial charge on any atom is -0.327 e. The molecule has 2 heteroatoms. The molecule has 3 unspecified atom stereocenters. The molecular formula is C13H26N2. The van der Waals surface area contributed by atoms with Crippen LogP contribution in [0.15, 0.2) is 0 Å². The first-order valence-electron chi connectivity index (χ1n) is 6.64. The van der Waals surface area contributed by atoms with Crippen molar-refractivity contribution in [1.29, 1.82) is 0 Å². The Morgan fingerprint density at radius 3 is 2.33 bits per heavy atom. The van der Waals surface area contributed by atoms with Crippen molar-refractivity contribution in [3.8, 4) is 0 Å². The van der Waals surface area contributed by atoms with E-state index in [-0.39, 0.29) is 0 Å². The van der Waals surface area contributed by atoms with Gasteiger partial charge in [0.2, 0.25) is 0 Å². The monoisotopic (exact) mass is 210 g/mol. The van der Waals surface area contributed by atoms with Gasteiger partial charge in [-0.1, -0.05) is 20.3 Å². The van der Waals surface area contributed by atoms with Crippen LogP contribution in [0.4, 0.5) is 0 Å². The molecule has 1 aliphatic heterocycles. The summed E-state index contributed by atoms with van der Waals surface area (Å²) in [6.07, 6.45) is 5.63. The number of nitrogens with zero attached hydrogens (tertiary/aromatic N) is 1. The normalized spacial score (nSPS) is 33.6. The number of hydrogen-bond acceptors (Lipinski definition) is 2. The third kappa shape index (κ3) is 2.73. The van der Waals surface area contributed by atoms with E-state index in [9.17, 15) is 0 Å². The summed E-state index contributed by atoms with van der Waals surface area (Å²) in [6.45, 7) is 8.39. The predicted octanol–water partition coefficient (Wildman–Crippen LogP) is 2.09. The summed E-state index contributed by atoms with van der Waals surface area (Å²) in [4.78, 5) is 2.65. The maximum Gasteiger partial charge on any atom is 0.00740 e. The van der Waals surface area contributed by atoms with Crippen molar-refractivity contribution < 1.29 is 0 Å². The fraction of sp³-hybridized carbons (Fsp3) is 1.00. The van der Waals surface area contributed by atoms with Crippen LogP contribution in [-0.2, 0) is 0 Å². The smallest absolute Gasteiger partial charge is 0.00740 e. The second-order valence-corrected chi connectivity index (χ2v) is 5.91. The average molecular weight is 210 g/mol. The molecule has 0 amide bonds. The molecule has 2 aliphatic rings. The van der Waals surface area contributed by atoms with Gasteiger partial charge in [-0.2, -0.15) is 0 Å². The minimum atomic E-state index is 0.394. The molecule has 0 aromatic heterocycles. The molecule has 2 fully saturated rings. The first-order chi connectivity index (χ1) is 7.16. The van der Waals surface area contributed by atoms with Gasteiger partial charge in [0.15, 0.2) is 0 Å². The maximum atomic E-state index is 6.08. The highest BCUT2D eigenvalue weighted by atomic mass is 15.2. The van der Waals surface area contributed by atoms with Crippen LogP contribution in [-0.4, -0.2) is 30.6 Å². The first kappa shape index (κ1) is 11.4. The Balaban J connectivity index is 1.69. The van der Waals surface area contributed by atoms with Crippen LogP contribution in [0.3, 0.4) is 0 Å². The van der Waals surface area contributed by atoms with Crippen molar-refractivity contribution >= 4 is 0 Å². The van der Waals surface area contributed by atoms with E-state index in [1.165, 1.54) is 45.3 Å². The van der Waals surface area contributed by atoms with Crippen LogP contribution in [0.1, 0.15) is 39.5 Å². The molecule has 2 rings (SSSR count). The van der Waals surface area contributed by atoms with E-state index < -0.39 is 0 Å². The van der Waals surface area contributed by atoms with E-state index in [1.807, 2.05) is 0 Å². The van der Waals surface area contributed by atoms with Gasteiger partial charge in [-0.15, -0.1) is 0 Å². The number of rotatable bonds is 4. The molecular weight excluding hydrogens is 184 g/mol. The van der Waals surface area contributed by atoms with E-state index in [0.717, 1.165) is 11.8 Å². The van der Waals surface area contributed by atoms with Crippen LogP contribution in [0, 0.1) is 17.8 Å². The van der Waals surface area contributed by atoms with E-state index in [2.05, 4.69) is 18.7 Å². The molecule has 2 N–H and O–H groups in total. The lowest BCUT2D eigenvalue weighted by molar-refractivity contribution is 0.285. The summed E-state index contributed by atoms with van der Waals surface area (Å²) in [6, 6.07) is 0.394. The zero-order chi connectivity index (χ0) is 10.8.